The summed E-state index contributed by atoms with van der Waals surface area (Å²) in [6, 6.07) is 4.23. The predicted octanol–water partition coefficient (Wildman–Crippen LogP) is 3.21. The minimum Gasteiger partial charge on any atom is -0.380 e. The molecule has 5 rings (SSSR count). The van der Waals surface area contributed by atoms with E-state index in [0.717, 1.165) is 51.2 Å². The van der Waals surface area contributed by atoms with E-state index in [1.165, 1.54) is 42.5 Å². The molecular formula is C21H28N4O. The van der Waals surface area contributed by atoms with Gasteiger partial charge in [-0.05, 0) is 55.2 Å². The number of fused-ring (bicyclic) bond motifs is 1. The van der Waals surface area contributed by atoms with E-state index in [-0.39, 0.29) is 0 Å². The third-order valence-electron chi connectivity index (χ3n) is 5.87. The van der Waals surface area contributed by atoms with Gasteiger partial charge >= 0.3 is 0 Å². The Balaban J connectivity index is 1.32. The number of hydrogen-bond acceptors (Lipinski definition) is 4. The van der Waals surface area contributed by atoms with Crippen molar-refractivity contribution >= 4 is 0 Å². The van der Waals surface area contributed by atoms with Gasteiger partial charge in [-0.1, -0.05) is 0 Å². The Morgan fingerprint density at radius 1 is 1.04 bits per heavy atom. The van der Waals surface area contributed by atoms with Gasteiger partial charge in [0.25, 0.3) is 0 Å². The van der Waals surface area contributed by atoms with Gasteiger partial charge in [0.15, 0.2) is 0 Å². The van der Waals surface area contributed by atoms with Gasteiger partial charge in [0.2, 0.25) is 0 Å². The highest BCUT2D eigenvalue weighted by molar-refractivity contribution is 5.26. The van der Waals surface area contributed by atoms with Crippen LogP contribution in [0.4, 0.5) is 0 Å². The lowest BCUT2D eigenvalue weighted by atomic mass is 9.96. The second kappa shape index (κ2) is 7.12. The zero-order valence-corrected chi connectivity index (χ0v) is 15.4. The van der Waals surface area contributed by atoms with E-state index in [1.54, 1.807) is 0 Å². The number of nitrogens with zero attached hydrogens (tertiary/aromatic N) is 4. The van der Waals surface area contributed by atoms with Crippen LogP contribution in [0.5, 0.6) is 0 Å². The molecule has 138 valence electrons. The Labute approximate surface area is 155 Å². The largest absolute Gasteiger partial charge is 0.380 e. The lowest BCUT2D eigenvalue weighted by Gasteiger charge is -2.33. The molecule has 3 heterocycles. The molecule has 0 amide bonds. The van der Waals surface area contributed by atoms with Crippen molar-refractivity contribution in [3.8, 4) is 0 Å². The fourth-order valence-electron chi connectivity index (χ4n) is 4.08. The fraction of sp³-hybridized carbons (Fsp3) is 0.619. The molecule has 0 N–H and O–H groups in total. The molecule has 2 aliphatic carbocycles. The van der Waals surface area contributed by atoms with Gasteiger partial charge in [-0.25, -0.2) is 0 Å². The maximum atomic E-state index is 6.12. The second-order valence-corrected chi connectivity index (χ2v) is 8.38. The molecule has 1 aliphatic heterocycles. The van der Waals surface area contributed by atoms with Crippen molar-refractivity contribution < 1.29 is 4.74 Å². The van der Waals surface area contributed by atoms with Crippen LogP contribution < -0.4 is 0 Å². The summed E-state index contributed by atoms with van der Waals surface area (Å²) in [5.74, 6) is 2.10. The number of ether oxygens (including phenoxy) is 1. The van der Waals surface area contributed by atoms with Gasteiger partial charge in [0.05, 0.1) is 12.8 Å². The molecule has 0 aromatic carbocycles. The van der Waals surface area contributed by atoms with Crippen LogP contribution in [0.3, 0.4) is 0 Å². The number of pyridine rings is 1. The first-order valence-electron chi connectivity index (χ1n) is 10.1. The molecule has 2 aromatic rings. The van der Waals surface area contributed by atoms with Crippen molar-refractivity contribution in [3.05, 3.63) is 47.5 Å². The molecule has 2 saturated carbocycles. The maximum absolute atomic E-state index is 6.12. The SMILES string of the molecule is c1cc(CN2Cc3cnn(CC4CC4)c3[C@H](COCC3CC3)C2)ccn1. The Morgan fingerprint density at radius 3 is 2.62 bits per heavy atom. The van der Waals surface area contributed by atoms with E-state index in [9.17, 15) is 0 Å². The lowest BCUT2D eigenvalue weighted by Crippen LogP contribution is -2.36. The van der Waals surface area contributed by atoms with Gasteiger partial charge in [0, 0.05) is 62.4 Å². The topological polar surface area (TPSA) is 43.2 Å². The van der Waals surface area contributed by atoms with Gasteiger partial charge in [-0.15, -0.1) is 0 Å². The molecule has 0 bridgehead atoms. The van der Waals surface area contributed by atoms with Crippen LogP contribution in [0.2, 0.25) is 0 Å². The van der Waals surface area contributed by atoms with Crippen LogP contribution in [-0.2, 0) is 24.4 Å². The minimum atomic E-state index is 0.431. The molecule has 0 saturated heterocycles. The average Bonchev–Trinajstić information content (AvgIpc) is 3.57. The third-order valence-corrected chi connectivity index (χ3v) is 5.87. The van der Waals surface area contributed by atoms with Crippen LogP contribution in [0.25, 0.3) is 0 Å². The van der Waals surface area contributed by atoms with Gasteiger partial charge < -0.3 is 4.74 Å². The van der Waals surface area contributed by atoms with Gasteiger partial charge in [0.1, 0.15) is 0 Å². The first-order chi connectivity index (χ1) is 12.8. The second-order valence-electron chi connectivity index (χ2n) is 8.38. The highest BCUT2D eigenvalue weighted by Gasteiger charge is 2.32. The van der Waals surface area contributed by atoms with Crippen molar-refractivity contribution in [2.45, 2.75) is 51.2 Å². The molecule has 1 atom stereocenters. The summed E-state index contributed by atoms with van der Waals surface area (Å²) in [4.78, 5) is 6.67. The Hall–Kier alpha value is -1.72. The number of aromatic nitrogens is 3. The van der Waals surface area contributed by atoms with E-state index < -0.39 is 0 Å². The Kier molecular flexibility index (Phi) is 4.51. The molecular weight excluding hydrogens is 324 g/mol. The van der Waals surface area contributed by atoms with Crippen molar-refractivity contribution in [1.82, 2.24) is 19.7 Å². The Bertz CT molecular complexity index is 736. The minimum absolute atomic E-state index is 0.431. The normalized spacial score (nSPS) is 23.2. The van der Waals surface area contributed by atoms with Crippen molar-refractivity contribution in [2.75, 3.05) is 19.8 Å². The van der Waals surface area contributed by atoms with E-state index >= 15 is 0 Å². The van der Waals surface area contributed by atoms with E-state index in [2.05, 4.69) is 32.9 Å². The molecule has 0 unspecified atom stereocenters. The summed E-state index contributed by atoms with van der Waals surface area (Å²) < 4.78 is 8.41. The molecule has 0 radical (unpaired) electrons. The van der Waals surface area contributed by atoms with Gasteiger partial charge in [-0.2, -0.15) is 5.10 Å². The fourth-order valence-corrected chi connectivity index (χ4v) is 4.08. The monoisotopic (exact) mass is 352 g/mol. The summed E-state index contributed by atoms with van der Waals surface area (Å²) in [5.41, 5.74) is 4.16. The van der Waals surface area contributed by atoms with Crippen molar-refractivity contribution in [3.63, 3.8) is 0 Å². The number of hydrogen-bond donors (Lipinski definition) is 0. The summed E-state index contributed by atoms with van der Waals surface area (Å²) in [6.07, 6.45) is 11.3. The van der Waals surface area contributed by atoms with Crippen LogP contribution in [0, 0.1) is 11.8 Å². The first-order valence-corrected chi connectivity index (χ1v) is 10.1. The van der Waals surface area contributed by atoms with Crippen LogP contribution in [-0.4, -0.2) is 39.4 Å². The van der Waals surface area contributed by atoms with Crippen molar-refractivity contribution in [1.29, 1.82) is 0 Å². The highest BCUT2D eigenvalue weighted by atomic mass is 16.5. The smallest absolute Gasteiger partial charge is 0.0562 e. The lowest BCUT2D eigenvalue weighted by molar-refractivity contribution is 0.0865. The number of rotatable bonds is 8. The van der Waals surface area contributed by atoms with Crippen molar-refractivity contribution in [2.24, 2.45) is 11.8 Å². The molecule has 5 nitrogen and oxygen atoms in total. The molecule has 2 aromatic heterocycles. The van der Waals surface area contributed by atoms with E-state index in [0.29, 0.717) is 5.92 Å². The molecule has 26 heavy (non-hydrogen) atoms. The van der Waals surface area contributed by atoms with Crippen LogP contribution in [0.1, 0.15) is 48.4 Å². The summed E-state index contributed by atoms with van der Waals surface area (Å²) >= 11 is 0. The summed E-state index contributed by atoms with van der Waals surface area (Å²) in [6.45, 7) is 5.87. The van der Waals surface area contributed by atoms with Crippen LogP contribution in [0.15, 0.2) is 30.7 Å². The Morgan fingerprint density at radius 2 is 1.85 bits per heavy atom. The highest BCUT2D eigenvalue weighted by Crippen LogP contribution is 2.35. The average molecular weight is 352 g/mol. The maximum Gasteiger partial charge on any atom is 0.0562 e. The summed E-state index contributed by atoms with van der Waals surface area (Å²) in [5, 5.41) is 4.75. The van der Waals surface area contributed by atoms with E-state index in [4.69, 9.17) is 9.84 Å². The first kappa shape index (κ1) is 16.5. The standard InChI is InChI=1S/C21H28N4O/c1-2-16(1)11-25-21-19(9-23-25)12-24(10-17-5-7-22-8-6-17)13-20(21)15-26-14-18-3-4-18/h5-9,16,18,20H,1-4,10-15H2/t20-/m0/s1. The zero-order chi connectivity index (χ0) is 17.3. The predicted molar refractivity (Wildman–Crippen MR) is 99.6 cm³/mol. The molecule has 3 aliphatic rings. The molecule has 2 fully saturated rings. The van der Waals surface area contributed by atoms with E-state index in [1.807, 2.05) is 12.4 Å². The quantitative estimate of drug-likeness (QED) is 0.732. The third kappa shape index (κ3) is 3.84. The molecule has 5 heteroatoms. The zero-order valence-electron chi connectivity index (χ0n) is 15.4. The van der Waals surface area contributed by atoms with Crippen LogP contribution >= 0.6 is 0 Å². The summed E-state index contributed by atoms with van der Waals surface area (Å²) in [7, 11) is 0. The van der Waals surface area contributed by atoms with Gasteiger partial charge in [-0.3, -0.25) is 14.6 Å². The molecule has 0 spiro atoms.